The molecule has 0 unspecified atom stereocenters. The molecule has 11 heteroatoms. The van der Waals surface area contributed by atoms with Gasteiger partial charge in [-0.15, -0.1) is 0 Å². The first-order chi connectivity index (χ1) is 20.6. The fraction of sp³-hybridized carbons (Fsp3) is 0.250. The number of aryl methyl sites for hydroxylation is 2. The number of nitrogens with one attached hydrogen (secondary N) is 1. The van der Waals surface area contributed by atoms with Crippen LogP contribution in [-0.4, -0.2) is 38.3 Å². The van der Waals surface area contributed by atoms with E-state index in [1.807, 2.05) is 12.1 Å². The largest absolute Gasteiger partial charge is 0.309 e. The third-order valence-electron chi connectivity index (χ3n) is 8.95. The number of H-pyrrole nitrogens is 1. The molecule has 0 bridgehead atoms. The fourth-order valence-electron chi connectivity index (χ4n) is 6.72. The Kier molecular flexibility index (Phi) is 5.78. The summed E-state index contributed by atoms with van der Waals surface area (Å²) in [6.07, 6.45) is 4.60. The molecule has 2 amide bonds. The lowest BCUT2D eigenvalue weighted by Crippen LogP contribution is -2.29. The first-order valence-electron chi connectivity index (χ1n) is 14.0. The Morgan fingerprint density at radius 3 is 2.00 bits per heavy atom. The van der Waals surface area contributed by atoms with E-state index in [1.54, 1.807) is 19.1 Å². The number of nitro groups is 1. The Bertz CT molecular complexity index is 1980. The zero-order valence-electron chi connectivity index (χ0n) is 23.2. The Morgan fingerprint density at radius 2 is 1.44 bits per heavy atom. The summed E-state index contributed by atoms with van der Waals surface area (Å²) >= 11 is 0. The monoisotopic (exact) mass is 576 g/mol. The van der Waals surface area contributed by atoms with Gasteiger partial charge in [-0.3, -0.25) is 34.1 Å². The van der Waals surface area contributed by atoms with Crippen molar-refractivity contribution in [2.75, 3.05) is 4.90 Å². The number of hydrogen-bond donors (Lipinski definition) is 1. The summed E-state index contributed by atoms with van der Waals surface area (Å²) in [5.74, 6) is -3.74. The molecule has 3 aliphatic rings. The Morgan fingerprint density at radius 1 is 0.860 bits per heavy atom. The lowest BCUT2D eigenvalue weighted by atomic mass is 9.97. The van der Waals surface area contributed by atoms with Crippen molar-refractivity contribution < 1.29 is 24.1 Å². The van der Waals surface area contributed by atoms with Crippen molar-refractivity contribution in [2.24, 2.45) is 0 Å². The van der Waals surface area contributed by atoms with Crippen LogP contribution in [0, 0.1) is 24.0 Å². The van der Waals surface area contributed by atoms with E-state index in [1.165, 1.54) is 43.5 Å². The molecule has 1 N–H and O–H groups in total. The summed E-state index contributed by atoms with van der Waals surface area (Å²) in [5.41, 5.74) is 1.17. The predicted molar refractivity (Wildman–Crippen MR) is 155 cm³/mol. The number of carbonyl (C=O) groups excluding carboxylic acids is 4. The predicted octanol–water partition coefficient (Wildman–Crippen LogP) is 5.07. The number of carbonyl (C=O) groups is 4. The molecule has 7 rings (SSSR count). The maximum atomic E-state index is 13.6. The molecule has 0 atom stereocenters. The third-order valence-corrected chi connectivity index (χ3v) is 8.95. The van der Waals surface area contributed by atoms with Crippen molar-refractivity contribution in [3.63, 3.8) is 0 Å². The number of nitro benzene ring substituents is 1. The molecule has 1 aliphatic heterocycles. The second-order valence-electron chi connectivity index (χ2n) is 11.4. The van der Waals surface area contributed by atoms with Crippen LogP contribution >= 0.6 is 0 Å². The molecular weight excluding hydrogens is 552 g/mol. The number of ketones is 2. The van der Waals surface area contributed by atoms with Crippen LogP contribution in [0.15, 0.2) is 47.3 Å². The molecule has 3 aromatic carbocycles. The zero-order valence-corrected chi connectivity index (χ0v) is 23.2. The molecule has 0 saturated heterocycles. The van der Waals surface area contributed by atoms with Gasteiger partial charge >= 0.3 is 0 Å². The second kappa shape index (κ2) is 9.35. The standard InChI is InChI=1S/C32H24N4O7/c1-14-11-23(36(42)43)15(2)24-26(14)33-29(34-30(24)39)25-27(37)19-12-21-22(13-20(19)28(25)38)32(41)35(31(21)40)18-9-7-17(8-10-18)16-5-3-4-6-16/h7-13,16,25H,3-6H2,1-2H3,(H,33,34,39). The van der Waals surface area contributed by atoms with E-state index in [0.717, 1.165) is 17.7 Å². The number of nitrogens with zero attached hydrogens (tertiary/aromatic N) is 3. The van der Waals surface area contributed by atoms with Gasteiger partial charge in [-0.1, -0.05) is 25.0 Å². The van der Waals surface area contributed by atoms with Crippen LogP contribution in [0.5, 0.6) is 0 Å². The number of aromatic amines is 1. The lowest BCUT2D eigenvalue weighted by Gasteiger charge is -2.16. The first-order valence-corrected chi connectivity index (χ1v) is 14.0. The van der Waals surface area contributed by atoms with Gasteiger partial charge in [-0.05, 0) is 68.0 Å². The molecule has 0 radical (unpaired) electrons. The van der Waals surface area contributed by atoms with Crippen LogP contribution in [0.1, 0.15) is 101 Å². The minimum Gasteiger partial charge on any atom is -0.309 e. The Labute approximate surface area is 243 Å². The van der Waals surface area contributed by atoms with Gasteiger partial charge in [-0.2, -0.15) is 0 Å². The molecule has 2 aliphatic carbocycles. The number of aromatic nitrogens is 2. The molecule has 1 saturated carbocycles. The van der Waals surface area contributed by atoms with Gasteiger partial charge in [0.1, 0.15) is 11.7 Å². The van der Waals surface area contributed by atoms with Crippen molar-refractivity contribution in [1.82, 2.24) is 9.97 Å². The molecule has 43 heavy (non-hydrogen) atoms. The third kappa shape index (κ3) is 3.80. The van der Waals surface area contributed by atoms with E-state index in [4.69, 9.17) is 0 Å². The summed E-state index contributed by atoms with van der Waals surface area (Å²) in [6.45, 7) is 2.98. The van der Waals surface area contributed by atoms with Crippen LogP contribution in [0.25, 0.3) is 10.9 Å². The average Bonchev–Trinajstić information content (AvgIpc) is 3.67. The number of anilines is 1. The average molecular weight is 577 g/mol. The first kappa shape index (κ1) is 26.6. The Balaban J connectivity index is 1.24. The van der Waals surface area contributed by atoms with E-state index in [0.29, 0.717) is 17.2 Å². The number of imide groups is 1. The van der Waals surface area contributed by atoms with Crippen LogP contribution in [0.3, 0.4) is 0 Å². The van der Waals surface area contributed by atoms with E-state index in [9.17, 15) is 34.1 Å². The van der Waals surface area contributed by atoms with Crippen LogP contribution < -0.4 is 10.5 Å². The van der Waals surface area contributed by atoms with Crippen LogP contribution in [-0.2, 0) is 0 Å². The normalized spacial score (nSPS) is 16.9. The van der Waals surface area contributed by atoms with Crippen molar-refractivity contribution in [3.8, 4) is 0 Å². The van der Waals surface area contributed by atoms with Gasteiger partial charge in [0.15, 0.2) is 11.6 Å². The van der Waals surface area contributed by atoms with E-state index in [-0.39, 0.29) is 50.2 Å². The summed E-state index contributed by atoms with van der Waals surface area (Å²) < 4.78 is 0. The van der Waals surface area contributed by atoms with Crippen LogP contribution in [0.4, 0.5) is 11.4 Å². The molecule has 2 heterocycles. The summed E-state index contributed by atoms with van der Waals surface area (Å²) in [7, 11) is 0. The van der Waals surface area contributed by atoms with Gasteiger partial charge in [-0.25, -0.2) is 9.88 Å². The smallest absolute Gasteiger partial charge is 0.273 e. The highest BCUT2D eigenvalue weighted by atomic mass is 16.6. The quantitative estimate of drug-likeness (QED) is 0.152. The molecule has 1 aromatic heterocycles. The van der Waals surface area contributed by atoms with E-state index < -0.39 is 39.8 Å². The molecule has 0 spiro atoms. The number of fused-ring (bicyclic) bond motifs is 3. The highest BCUT2D eigenvalue weighted by molar-refractivity contribution is 6.37. The van der Waals surface area contributed by atoms with Crippen molar-refractivity contribution in [3.05, 3.63) is 108 Å². The number of benzene rings is 3. The fourth-order valence-corrected chi connectivity index (χ4v) is 6.72. The summed E-state index contributed by atoms with van der Waals surface area (Å²) in [4.78, 5) is 85.8. The van der Waals surface area contributed by atoms with Gasteiger partial charge in [0.05, 0.1) is 32.6 Å². The van der Waals surface area contributed by atoms with Gasteiger partial charge in [0.25, 0.3) is 23.1 Å². The number of Topliss-reactive ketones (excluding diaryl/α,β-unsaturated/α-hetero) is 2. The SMILES string of the molecule is Cc1cc([N+](=O)[O-])c(C)c2c(=O)[nH]c(C3C(=O)c4cc5c(cc4C3=O)C(=O)N(c3ccc(C4CCCC4)cc3)C5=O)nc12. The van der Waals surface area contributed by atoms with E-state index >= 15 is 0 Å². The molecule has 214 valence electrons. The molecular formula is C32H24N4O7. The van der Waals surface area contributed by atoms with E-state index in [2.05, 4.69) is 9.97 Å². The van der Waals surface area contributed by atoms with Crippen molar-refractivity contribution in [2.45, 2.75) is 51.4 Å². The summed E-state index contributed by atoms with van der Waals surface area (Å²) in [6, 6.07) is 11.2. The highest BCUT2D eigenvalue weighted by Gasteiger charge is 2.46. The zero-order chi connectivity index (χ0) is 30.3. The van der Waals surface area contributed by atoms with Crippen molar-refractivity contribution >= 4 is 45.7 Å². The van der Waals surface area contributed by atoms with Crippen LogP contribution in [0.2, 0.25) is 0 Å². The van der Waals surface area contributed by atoms with Gasteiger partial charge < -0.3 is 4.98 Å². The molecule has 4 aromatic rings. The molecule has 11 nitrogen and oxygen atoms in total. The lowest BCUT2D eigenvalue weighted by molar-refractivity contribution is -0.385. The maximum Gasteiger partial charge on any atom is 0.273 e. The second-order valence-corrected chi connectivity index (χ2v) is 11.4. The highest BCUT2D eigenvalue weighted by Crippen LogP contribution is 2.39. The molecule has 1 fully saturated rings. The van der Waals surface area contributed by atoms with Gasteiger partial charge in [0.2, 0.25) is 0 Å². The maximum absolute atomic E-state index is 13.6. The summed E-state index contributed by atoms with van der Waals surface area (Å²) in [5, 5.41) is 11.4. The number of amides is 2. The minimum atomic E-state index is -1.49. The topological polar surface area (TPSA) is 160 Å². The van der Waals surface area contributed by atoms with Gasteiger partial charge in [0, 0.05) is 22.8 Å². The number of hydrogen-bond acceptors (Lipinski definition) is 8. The number of rotatable bonds is 4. The Hall–Kier alpha value is -5.32. The minimum absolute atomic E-state index is 0.00241. The van der Waals surface area contributed by atoms with Crippen molar-refractivity contribution in [1.29, 1.82) is 0 Å².